The third kappa shape index (κ3) is 1.42. The van der Waals surface area contributed by atoms with Gasteiger partial charge in [0.1, 0.15) is 6.10 Å². The van der Waals surface area contributed by atoms with Crippen molar-refractivity contribution in [1.82, 2.24) is 0 Å². The number of carbonyl (C=O) groups is 1. The van der Waals surface area contributed by atoms with Crippen molar-refractivity contribution in [2.75, 3.05) is 0 Å². The van der Waals surface area contributed by atoms with Crippen LogP contribution in [0.3, 0.4) is 0 Å². The van der Waals surface area contributed by atoms with Crippen molar-refractivity contribution in [2.24, 2.45) is 29.6 Å². The minimum Gasteiger partial charge on any atom is -0.462 e. The highest BCUT2D eigenvalue weighted by atomic mass is 16.5. The SMILES string of the molecule is O=C(OC1C2CC3CC(C2)CC1C3)C1CC1. The Kier molecular flexibility index (Phi) is 1.92. The normalized spacial score (nSPS) is 49.4. The predicted molar refractivity (Wildman–Crippen MR) is 59.6 cm³/mol. The van der Waals surface area contributed by atoms with E-state index in [0.29, 0.717) is 6.10 Å². The van der Waals surface area contributed by atoms with Gasteiger partial charge in [-0.25, -0.2) is 0 Å². The van der Waals surface area contributed by atoms with Crippen molar-refractivity contribution in [2.45, 2.75) is 51.0 Å². The van der Waals surface area contributed by atoms with Gasteiger partial charge in [0.15, 0.2) is 0 Å². The van der Waals surface area contributed by atoms with Gasteiger partial charge in [-0.1, -0.05) is 0 Å². The molecule has 5 rings (SSSR count). The molecule has 0 atom stereocenters. The van der Waals surface area contributed by atoms with Gasteiger partial charge in [-0.2, -0.15) is 0 Å². The van der Waals surface area contributed by atoms with E-state index in [1.54, 1.807) is 0 Å². The molecule has 0 aromatic carbocycles. The third-order valence-corrected chi connectivity index (χ3v) is 5.30. The van der Waals surface area contributed by atoms with Gasteiger partial charge < -0.3 is 4.74 Å². The molecule has 16 heavy (non-hydrogen) atoms. The zero-order valence-corrected chi connectivity index (χ0v) is 9.73. The monoisotopic (exact) mass is 220 g/mol. The van der Waals surface area contributed by atoms with E-state index < -0.39 is 0 Å². The molecule has 4 bridgehead atoms. The molecule has 2 nitrogen and oxygen atoms in total. The minimum absolute atomic E-state index is 0.123. The van der Waals surface area contributed by atoms with Crippen LogP contribution in [0, 0.1) is 29.6 Å². The Morgan fingerprint density at radius 2 is 1.44 bits per heavy atom. The van der Waals surface area contributed by atoms with Crippen molar-refractivity contribution in [3.8, 4) is 0 Å². The van der Waals surface area contributed by atoms with Crippen LogP contribution in [0.15, 0.2) is 0 Å². The molecule has 0 spiro atoms. The molecule has 5 saturated carbocycles. The van der Waals surface area contributed by atoms with E-state index in [1.807, 2.05) is 0 Å². The van der Waals surface area contributed by atoms with Crippen molar-refractivity contribution in [1.29, 1.82) is 0 Å². The summed E-state index contributed by atoms with van der Waals surface area (Å²) in [5.74, 6) is 3.78. The van der Waals surface area contributed by atoms with E-state index in [-0.39, 0.29) is 11.9 Å². The lowest BCUT2D eigenvalue weighted by Crippen LogP contribution is -2.50. The van der Waals surface area contributed by atoms with Gasteiger partial charge in [-0.15, -0.1) is 0 Å². The van der Waals surface area contributed by atoms with Gasteiger partial charge in [0.05, 0.1) is 5.92 Å². The molecule has 0 unspecified atom stereocenters. The van der Waals surface area contributed by atoms with Gasteiger partial charge in [0, 0.05) is 0 Å². The Bertz CT molecular complexity index is 291. The predicted octanol–water partition coefficient (Wildman–Crippen LogP) is 2.76. The first kappa shape index (κ1) is 9.49. The Hall–Kier alpha value is -0.530. The molecule has 0 aromatic heterocycles. The Morgan fingerprint density at radius 1 is 0.875 bits per heavy atom. The second kappa shape index (κ2) is 3.24. The maximum absolute atomic E-state index is 11.8. The number of esters is 1. The van der Waals surface area contributed by atoms with Crippen LogP contribution in [-0.2, 0) is 9.53 Å². The lowest BCUT2D eigenvalue weighted by Gasteiger charge is -2.53. The largest absolute Gasteiger partial charge is 0.462 e. The molecule has 0 aromatic rings. The fraction of sp³-hybridized carbons (Fsp3) is 0.929. The first-order valence-electron chi connectivity index (χ1n) is 7.00. The molecule has 0 heterocycles. The summed E-state index contributed by atoms with van der Waals surface area (Å²) in [6.45, 7) is 0. The molecule has 0 amide bonds. The topological polar surface area (TPSA) is 26.3 Å². The highest BCUT2D eigenvalue weighted by Gasteiger charge is 2.50. The second-order valence-corrected chi connectivity index (χ2v) is 6.61. The minimum atomic E-state index is 0.123. The summed E-state index contributed by atoms with van der Waals surface area (Å²) in [4.78, 5) is 11.8. The van der Waals surface area contributed by atoms with Crippen LogP contribution >= 0.6 is 0 Å². The van der Waals surface area contributed by atoms with E-state index in [1.165, 1.54) is 32.1 Å². The van der Waals surface area contributed by atoms with Crippen LogP contribution in [0.5, 0.6) is 0 Å². The van der Waals surface area contributed by atoms with Crippen LogP contribution in [0.4, 0.5) is 0 Å². The molecule has 0 N–H and O–H groups in total. The Morgan fingerprint density at radius 3 is 1.94 bits per heavy atom. The lowest BCUT2D eigenvalue weighted by molar-refractivity contribution is -0.172. The zero-order valence-electron chi connectivity index (χ0n) is 9.73. The van der Waals surface area contributed by atoms with Crippen LogP contribution < -0.4 is 0 Å². The Balaban J connectivity index is 1.49. The average Bonchev–Trinajstić information content (AvgIpc) is 3.05. The zero-order chi connectivity index (χ0) is 10.7. The van der Waals surface area contributed by atoms with E-state index in [2.05, 4.69) is 0 Å². The Labute approximate surface area is 96.7 Å². The number of rotatable bonds is 2. The summed E-state index contributed by atoms with van der Waals surface area (Å²) in [6, 6.07) is 0. The van der Waals surface area contributed by atoms with Crippen LogP contribution in [0.2, 0.25) is 0 Å². The maximum Gasteiger partial charge on any atom is 0.309 e. The molecule has 0 aliphatic heterocycles. The van der Waals surface area contributed by atoms with E-state index >= 15 is 0 Å². The lowest BCUT2D eigenvalue weighted by atomic mass is 9.55. The first-order chi connectivity index (χ1) is 7.79. The second-order valence-electron chi connectivity index (χ2n) is 6.61. The van der Waals surface area contributed by atoms with Crippen molar-refractivity contribution >= 4 is 5.97 Å². The molecule has 0 saturated heterocycles. The average molecular weight is 220 g/mol. The molecular formula is C14H20O2. The molecular weight excluding hydrogens is 200 g/mol. The van der Waals surface area contributed by atoms with Gasteiger partial charge in [-0.3, -0.25) is 4.79 Å². The smallest absolute Gasteiger partial charge is 0.309 e. The highest BCUT2D eigenvalue weighted by molar-refractivity contribution is 5.75. The molecule has 0 radical (unpaired) electrons. The van der Waals surface area contributed by atoms with Crippen molar-refractivity contribution in [3.63, 3.8) is 0 Å². The van der Waals surface area contributed by atoms with Crippen LogP contribution in [0.1, 0.15) is 44.9 Å². The summed E-state index contributed by atoms with van der Waals surface area (Å²) in [5, 5.41) is 0. The molecule has 2 heteroatoms. The first-order valence-corrected chi connectivity index (χ1v) is 7.00. The van der Waals surface area contributed by atoms with Crippen LogP contribution in [-0.4, -0.2) is 12.1 Å². The number of hydrogen-bond donors (Lipinski definition) is 0. The fourth-order valence-electron chi connectivity index (χ4n) is 4.62. The number of hydrogen-bond acceptors (Lipinski definition) is 2. The molecule has 5 fully saturated rings. The van der Waals surface area contributed by atoms with E-state index in [9.17, 15) is 4.79 Å². The van der Waals surface area contributed by atoms with Gasteiger partial charge >= 0.3 is 5.97 Å². The van der Waals surface area contributed by atoms with Crippen molar-refractivity contribution < 1.29 is 9.53 Å². The summed E-state index contributed by atoms with van der Waals surface area (Å²) >= 11 is 0. The highest BCUT2D eigenvalue weighted by Crippen LogP contribution is 2.55. The quantitative estimate of drug-likeness (QED) is 0.669. The van der Waals surface area contributed by atoms with E-state index in [4.69, 9.17) is 4.74 Å². The van der Waals surface area contributed by atoms with Crippen molar-refractivity contribution in [3.05, 3.63) is 0 Å². The van der Waals surface area contributed by atoms with Gasteiger partial charge in [0.2, 0.25) is 0 Å². The maximum atomic E-state index is 11.8. The molecule has 88 valence electrons. The standard InChI is InChI=1S/C14H20O2/c15-14(10-1-2-10)16-13-11-4-8-3-9(6-11)7-12(13)5-8/h8-13H,1-7H2. The fourth-order valence-corrected chi connectivity index (χ4v) is 4.62. The van der Waals surface area contributed by atoms with Gasteiger partial charge in [0.25, 0.3) is 0 Å². The summed E-state index contributed by atoms with van der Waals surface area (Å²) in [5.41, 5.74) is 0. The summed E-state index contributed by atoms with van der Waals surface area (Å²) in [6.07, 6.45) is 9.30. The molecule has 5 aliphatic carbocycles. The summed E-state index contributed by atoms with van der Waals surface area (Å²) in [7, 11) is 0. The summed E-state index contributed by atoms with van der Waals surface area (Å²) < 4.78 is 5.81. The van der Waals surface area contributed by atoms with E-state index in [0.717, 1.165) is 36.5 Å². The third-order valence-electron chi connectivity index (χ3n) is 5.30. The number of carbonyl (C=O) groups excluding carboxylic acids is 1. The number of ether oxygens (including phenoxy) is 1. The van der Waals surface area contributed by atoms with Gasteiger partial charge in [-0.05, 0) is 68.6 Å². The van der Waals surface area contributed by atoms with Crippen LogP contribution in [0.25, 0.3) is 0 Å². The molecule has 5 aliphatic rings.